The van der Waals surface area contributed by atoms with E-state index in [9.17, 15) is 4.39 Å². The van der Waals surface area contributed by atoms with Gasteiger partial charge in [-0.15, -0.1) is 0 Å². The summed E-state index contributed by atoms with van der Waals surface area (Å²) in [5, 5.41) is 0. The summed E-state index contributed by atoms with van der Waals surface area (Å²) in [5.74, 6) is -0.205. The smallest absolute Gasteiger partial charge is 0.126 e. The number of hydrogen-bond acceptors (Lipinski definition) is 1. The Balaban J connectivity index is 2.42. The summed E-state index contributed by atoms with van der Waals surface area (Å²) in [6, 6.07) is 14.5. The Morgan fingerprint density at radius 1 is 1.00 bits per heavy atom. The summed E-state index contributed by atoms with van der Waals surface area (Å²) in [6.45, 7) is 1.76. The van der Waals surface area contributed by atoms with Crippen molar-refractivity contribution in [3.63, 3.8) is 0 Å². The van der Waals surface area contributed by atoms with E-state index < -0.39 is 0 Å². The van der Waals surface area contributed by atoms with E-state index in [0.717, 1.165) is 11.1 Å². The van der Waals surface area contributed by atoms with Crippen molar-refractivity contribution in [2.75, 3.05) is 0 Å². The minimum atomic E-state index is -0.267. The van der Waals surface area contributed by atoms with Gasteiger partial charge in [-0.25, -0.2) is 4.39 Å². The third-order valence-electron chi connectivity index (χ3n) is 2.80. The Kier molecular flexibility index (Phi) is 3.02. The lowest BCUT2D eigenvalue weighted by Gasteiger charge is -2.15. The van der Waals surface area contributed by atoms with Crippen molar-refractivity contribution >= 4 is 0 Å². The van der Waals surface area contributed by atoms with E-state index >= 15 is 0 Å². The van der Waals surface area contributed by atoms with E-state index in [0.29, 0.717) is 5.56 Å². The van der Waals surface area contributed by atoms with Crippen molar-refractivity contribution in [1.82, 2.24) is 0 Å². The first-order valence-corrected chi connectivity index (χ1v) is 5.25. The minimum absolute atomic E-state index is 0.205. The second kappa shape index (κ2) is 4.45. The van der Waals surface area contributed by atoms with Crippen LogP contribution in [0, 0.1) is 12.7 Å². The topological polar surface area (TPSA) is 26.0 Å². The van der Waals surface area contributed by atoms with Crippen LogP contribution in [0.2, 0.25) is 0 Å². The zero-order valence-corrected chi connectivity index (χ0v) is 9.15. The van der Waals surface area contributed by atoms with Crippen molar-refractivity contribution in [2.24, 2.45) is 5.73 Å². The van der Waals surface area contributed by atoms with Crippen LogP contribution in [-0.4, -0.2) is 0 Å². The van der Waals surface area contributed by atoms with Crippen LogP contribution in [0.25, 0.3) is 0 Å². The molecule has 0 saturated heterocycles. The zero-order valence-electron chi connectivity index (χ0n) is 9.15. The number of nitrogens with two attached hydrogens (primary N) is 1. The molecular weight excluding hydrogens is 201 g/mol. The average molecular weight is 215 g/mol. The van der Waals surface area contributed by atoms with Gasteiger partial charge in [-0.3, -0.25) is 0 Å². The first-order valence-electron chi connectivity index (χ1n) is 5.25. The first kappa shape index (κ1) is 10.8. The number of rotatable bonds is 2. The molecule has 2 aromatic carbocycles. The van der Waals surface area contributed by atoms with Crippen LogP contribution in [0.5, 0.6) is 0 Å². The highest BCUT2D eigenvalue weighted by Gasteiger charge is 2.12. The zero-order chi connectivity index (χ0) is 11.5. The summed E-state index contributed by atoms with van der Waals surface area (Å²) in [7, 11) is 0. The lowest BCUT2D eigenvalue weighted by molar-refractivity contribution is 0.613. The predicted molar refractivity (Wildman–Crippen MR) is 63.6 cm³/mol. The Morgan fingerprint density at radius 3 is 2.38 bits per heavy atom. The lowest BCUT2D eigenvalue weighted by Crippen LogP contribution is -2.13. The van der Waals surface area contributed by atoms with Gasteiger partial charge >= 0.3 is 0 Å². The molecule has 1 unspecified atom stereocenters. The fraction of sp³-hybridized carbons (Fsp3) is 0.143. The Hall–Kier alpha value is -1.67. The third-order valence-corrected chi connectivity index (χ3v) is 2.80. The number of hydrogen-bond donors (Lipinski definition) is 1. The van der Waals surface area contributed by atoms with Crippen LogP contribution in [-0.2, 0) is 0 Å². The summed E-state index contributed by atoms with van der Waals surface area (Å²) in [5.41, 5.74) is 8.58. The Morgan fingerprint density at radius 2 is 1.69 bits per heavy atom. The molecule has 2 heteroatoms. The maximum atomic E-state index is 13.4. The second-order valence-electron chi connectivity index (χ2n) is 3.84. The maximum Gasteiger partial charge on any atom is 0.126 e. The molecule has 2 aromatic rings. The predicted octanol–water partition coefficient (Wildman–Crippen LogP) is 3.18. The van der Waals surface area contributed by atoms with E-state index in [1.165, 1.54) is 6.07 Å². The van der Waals surface area contributed by atoms with Crippen LogP contribution >= 0.6 is 0 Å². The highest BCUT2D eigenvalue weighted by Crippen LogP contribution is 2.23. The van der Waals surface area contributed by atoms with Crippen molar-refractivity contribution in [2.45, 2.75) is 13.0 Å². The monoisotopic (exact) mass is 215 g/mol. The summed E-state index contributed by atoms with van der Waals surface area (Å²) in [6.07, 6.45) is 0. The molecule has 0 bridgehead atoms. The van der Waals surface area contributed by atoms with Crippen molar-refractivity contribution in [3.8, 4) is 0 Å². The second-order valence-corrected chi connectivity index (χ2v) is 3.84. The van der Waals surface area contributed by atoms with Gasteiger partial charge in [0, 0.05) is 0 Å². The normalized spacial score (nSPS) is 12.4. The quantitative estimate of drug-likeness (QED) is 0.818. The SMILES string of the molecule is Cc1c(F)cccc1C(N)c1ccccc1. The molecule has 0 amide bonds. The molecule has 0 aromatic heterocycles. The van der Waals surface area contributed by atoms with Crippen LogP contribution in [0.15, 0.2) is 48.5 Å². The highest BCUT2D eigenvalue weighted by molar-refractivity contribution is 5.36. The molecule has 2 rings (SSSR count). The lowest BCUT2D eigenvalue weighted by atomic mass is 9.96. The van der Waals surface area contributed by atoms with Crippen LogP contribution < -0.4 is 5.73 Å². The molecule has 0 fully saturated rings. The first-order chi connectivity index (χ1) is 7.70. The fourth-order valence-corrected chi connectivity index (χ4v) is 1.80. The molecule has 82 valence electrons. The molecular formula is C14H14FN. The molecule has 0 heterocycles. The molecule has 2 N–H and O–H groups in total. The summed E-state index contributed by atoms with van der Waals surface area (Å²) in [4.78, 5) is 0. The van der Waals surface area contributed by atoms with Crippen molar-refractivity contribution < 1.29 is 4.39 Å². The van der Waals surface area contributed by atoms with Crippen LogP contribution in [0.1, 0.15) is 22.7 Å². The summed E-state index contributed by atoms with van der Waals surface area (Å²) < 4.78 is 13.4. The van der Waals surface area contributed by atoms with Gasteiger partial charge in [0.05, 0.1) is 6.04 Å². The van der Waals surface area contributed by atoms with E-state index in [-0.39, 0.29) is 11.9 Å². The van der Waals surface area contributed by atoms with Gasteiger partial charge < -0.3 is 5.73 Å². The number of halogens is 1. The standard InChI is InChI=1S/C14H14FN/c1-10-12(8-5-9-13(10)15)14(16)11-6-3-2-4-7-11/h2-9,14H,16H2,1H3. The molecule has 0 aliphatic carbocycles. The van der Waals surface area contributed by atoms with Gasteiger partial charge in [0.2, 0.25) is 0 Å². The Labute approximate surface area is 94.7 Å². The molecule has 0 aliphatic rings. The average Bonchev–Trinajstić information content (AvgIpc) is 2.33. The number of benzene rings is 2. The van der Waals surface area contributed by atoms with Gasteiger partial charge in [0.1, 0.15) is 5.82 Å². The minimum Gasteiger partial charge on any atom is -0.320 e. The molecule has 0 saturated carbocycles. The van der Waals surface area contributed by atoms with Gasteiger partial charge in [0.25, 0.3) is 0 Å². The molecule has 1 atom stereocenters. The molecule has 0 aliphatic heterocycles. The fourth-order valence-electron chi connectivity index (χ4n) is 1.80. The third kappa shape index (κ3) is 1.97. The van der Waals surface area contributed by atoms with Crippen molar-refractivity contribution in [3.05, 3.63) is 71.0 Å². The molecule has 16 heavy (non-hydrogen) atoms. The van der Waals surface area contributed by atoms with E-state index in [2.05, 4.69) is 0 Å². The molecule has 0 spiro atoms. The van der Waals surface area contributed by atoms with Crippen molar-refractivity contribution in [1.29, 1.82) is 0 Å². The van der Waals surface area contributed by atoms with Gasteiger partial charge in [-0.2, -0.15) is 0 Å². The summed E-state index contributed by atoms with van der Waals surface area (Å²) >= 11 is 0. The van der Waals surface area contributed by atoms with Crippen LogP contribution in [0.3, 0.4) is 0 Å². The van der Waals surface area contributed by atoms with Crippen LogP contribution in [0.4, 0.5) is 4.39 Å². The maximum absolute atomic E-state index is 13.4. The van der Waals surface area contributed by atoms with E-state index in [1.54, 1.807) is 13.0 Å². The van der Waals surface area contributed by atoms with Gasteiger partial charge in [-0.1, -0.05) is 42.5 Å². The largest absolute Gasteiger partial charge is 0.320 e. The van der Waals surface area contributed by atoms with E-state index in [4.69, 9.17) is 5.73 Å². The van der Waals surface area contributed by atoms with E-state index in [1.807, 2.05) is 36.4 Å². The molecule has 1 nitrogen and oxygen atoms in total. The highest BCUT2D eigenvalue weighted by atomic mass is 19.1. The Bertz CT molecular complexity index is 479. The molecule has 0 radical (unpaired) electrons. The van der Waals surface area contributed by atoms with Gasteiger partial charge in [0.15, 0.2) is 0 Å². The van der Waals surface area contributed by atoms with Gasteiger partial charge in [-0.05, 0) is 29.7 Å².